The van der Waals surface area contributed by atoms with Crippen LogP contribution in [0.25, 0.3) is 0 Å². The highest BCUT2D eigenvalue weighted by atomic mass is 16.6. The lowest BCUT2D eigenvalue weighted by atomic mass is 9.65. The standard InChI is InChI=1S/C27H40O4/c1-20(2)18-27(25(29)30,19-22-14-7-6-8-15-22)23(24(28)31-26(3,4)5)17-11-16-21-12-9-10-13-21/h6-8,11,14-16,20-21,23H,9-10,12-13,17-19H2,1-5H3,(H,29,30)/t23-,27-/m1/s1. The van der Waals surface area contributed by atoms with E-state index < -0.39 is 28.9 Å². The Morgan fingerprint density at radius 1 is 1.13 bits per heavy atom. The van der Waals surface area contributed by atoms with Gasteiger partial charge in [-0.15, -0.1) is 0 Å². The Balaban J connectivity index is 2.45. The highest BCUT2D eigenvalue weighted by Crippen LogP contribution is 2.42. The van der Waals surface area contributed by atoms with Crippen molar-refractivity contribution in [3.8, 4) is 0 Å². The number of benzene rings is 1. The summed E-state index contributed by atoms with van der Waals surface area (Å²) in [5, 5.41) is 10.5. The van der Waals surface area contributed by atoms with Gasteiger partial charge in [0.25, 0.3) is 0 Å². The molecule has 0 amide bonds. The Morgan fingerprint density at radius 3 is 2.26 bits per heavy atom. The van der Waals surface area contributed by atoms with Gasteiger partial charge >= 0.3 is 11.9 Å². The molecule has 31 heavy (non-hydrogen) atoms. The first-order chi connectivity index (χ1) is 14.5. The van der Waals surface area contributed by atoms with Crippen molar-refractivity contribution >= 4 is 11.9 Å². The third-order valence-corrected chi connectivity index (χ3v) is 6.10. The summed E-state index contributed by atoms with van der Waals surface area (Å²) in [5.74, 6) is -1.41. The van der Waals surface area contributed by atoms with Gasteiger partial charge in [0, 0.05) is 0 Å². The van der Waals surface area contributed by atoms with E-state index in [4.69, 9.17) is 4.74 Å². The first-order valence-electron chi connectivity index (χ1n) is 11.7. The molecule has 0 aliphatic heterocycles. The van der Waals surface area contributed by atoms with Gasteiger partial charge < -0.3 is 9.84 Å². The van der Waals surface area contributed by atoms with E-state index in [0.717, 1.165) is 5.56 Å². The van der Waals surface area contributed by atoms with E-state index in [1.165, 1.54) is 25.7 Å². The molecule has 0 bridgehead atoms. The number of allylic oxidation sites excluding steroid dienone is 2. The second kappa shape index (κ2) is 11.0. The maximum Gasteiger partial charge on any atom is 0.310 e. The molecule has 1 aliphatic rings. The monoisotopic (exact) mass is 428 g/mol. The molecule has 172 valence electrons. The van der Waals surface area contributed by atoms with Crippen molar-refractivity contribution in [2.45, 2.75) is 85.2 Å². The summed E-state index contributed by atoms with van der Waals surface area (Å²) in [6.45, 7) is 9.53. The number of aliphatic carboxylic acids is 1. The zero-order chi connectivity index (χ0) is 23.1. The molecule has 1 aromatic rings. The fraction of sp³-hybridized carbons (Fsp3) is 0.630. The molecule has 2 atom stereocenters. The third kappa shape index (κ3) is 7.52. The van der Waals surface area contributed by atoms with Crippen LogP contribution in [-0.4, -0.2) is 22.6 Å². The number of ether oxygens (including phenoxy) is 1. The smallest absolute Gasteiger partial charge is 0.310 e. The summed E-state index contributed by atoms with van der Waals surface area (Å²) < 4.78 is 5.76. The van der Waals surface area contributed by atoms with Crippen LogP contribution in [-0.2, 0) is 20.7 Å². The molecule has 2 rings (SSSR count). The number of rotatable bonds is 10. The van der Waals surface area contributed by atoms with Crippen molar-refractivity contribution in [2.75, 3.05) is 0 Å². The van der Waals surface area contributed by atoms with Crippen molar-refractivity contribution in [1.29, 1.82) is 0 Å². The fourth-order valence-electron chi connectivity index (χ4n) is 4.82. The maximum absolute atomic E-state index is 13.4. The first kappa shape index (κ1) is 25.2. The molecule has 1 N–H and O–H groups in total. The van der Waals surface area contributed by atoms with E-state index in [1.54, 1.807) is 0 Å². The van der Waals surface area contributed by atoms with Crippen molar-refractivity contribution in [2.24, 2.45) is 23.2 Å². The van der Waals surface area contributed by atoms with Crippen molar-refractivity contribution in [3.05, 3.63) is 48.0 Å². The van der Waals surface area contributed by atoms with Gasteiger partial charge in [0.15, 0.2) is 0 Å². The number of carbonyl (C=O) groups is 2. The maximum atomic E-state index is 13.4. The fourth-order valence-corrected chi connectivity index (χ4v) is 4.82. The minimum absolute atomic E-state index is 0.128. The van der Waals surface area contributed by atoms with Gasteiger partial charge in [0.2, 0.25) is 0 Å². The Morgan fingerprint density at radius 2 is 1.74 bits per heavy atom. The Hall–Kier alpha value is -2.10. The number of carbonyl (C=O) groups excluding carboxylic acids is 1. The predicted molar refractivity (Wildman–Crippen MR) is 125 cm³/mol. The van der Waals surface area contributed by atoms with Crippen LogP contribution in [0.2, 0.25) is 0 Å². The van der Waals surface area contributed by atoms with E-state index in [2.05, 4.69) is 6.08 Å². The van der Waals surface area contributed by atoms with Crippen LogP contribution in [0.5, 0.6) is 0 Å². The van der Waals surface area contributed by atoms with Gasteiger partial charge in [-0.1, -0.05) is 69.2 Å². The number of carboxylic acid groups (broad SMARTS) is 1. The Labute approximate surface area is 188 Å². The van der Waals surface area contributed by atoms with Crippen LogP contribution >= 0.6 is 0 Å². The van der Waals surface area contributed by atoms with E-state index >= 15 is 0 Å². The van der Waals surface area contributed by atoms with Gasteiger partial charge in [-0.2, -0.15) is 0 Å². The Kier molecular flexibility index (Phi) is 8.90. The summed E-state index contributed by atoms with van der Waals surface area (Å²) in [6.07, 6.45) is 10.2. The summed E-state index contributed by atoms with van der Waals surface area (Å²) in [7, 11) is 0. The molecule has 0 radical (unpaired) electrons. The van der Waals surface area contributed by atoms with Crippen LogP contribution in [0, 0.1) is 23.2 Å². The average molecular weight is 429 g/mol. The molecule has 1 saturated carbocycles. The van der Waals surface area contributed by atoms with Crippen LogP contribution in [0.4, 0.5) is 0 Å². The molecular weight excluding hydrogens is 388 g/mol. The van der Waals surface area contributed by atoms with Gasteiger partial charge in [0.05, 0.1) is 11.3 Å². The highest BCUT2D eigenvalue weighted by molar-refractivity contribution is 5.85. The molecular formula is C27H40O4. The molecule has 0 aromatic heterocycles. The first-order valence-corrected chi connectivity index (χ1v) is 11.7. The molecule has 1 aromatic carbocycles. The molecule has 1 aliphatic carbocycles. The molecule has 1 fully saturated rings. The summed E-state index contributed by atoms with van der Waals surface area (Å²) >= 11 is 0. The zero-order valence-electron chi connectivity index (χ0n) is 19.9. The van der Waals surface area contributed by atoms with Gasteiger partial charge in [-0.3, -0.25) is 9.59 Å². The van der Waals surface area contributed by atoms with Crippen molar-refractivity contribution in [1.82, 2.24) is 0 Å². The van der Waals surface area contributed by atoms with Crippen LogP contribution in [0.15, 0.2) is 42.5 Å². The summed E-state index contributed by atoms with van der Waals surface area (Å²) in [6, 6.07) is 9.64. The molecule has 0 spiro atoms. The number of carboxylic acids is 1. The van der Waals surface area contributed by atoms with E-state index in [9.17, 15) is 14.7 Å². The van der Waals surface area contributed by atoms with Crippen molar-refractivity contribution < 1.29 is 19.4 Å². The molecule has 0 heterocycles. The minimum atomic E-state index is -1.22. The molecule has 0 unspecified atom stereocenters. The van der Waals surface area contributed by atoms with E-state index in [-0.39, 0.29) is 5.92 Å². The molecule has 0 saturated heterocycles. The number of hydrogen-bond donors (Lipinski definition) is 1. The topological polar surface area (TPSA) is 63.6 Å². The van der Waals surface area contributed by atoms with Crippen LogP contribution in [0.1, 0.15) is 78.7 Å². The molecule has 4 heteroatoms. The quantitative estimate of drug-likeness (QED) is 0.344. The summed E-state index contributed by atoms with van der Waals surface area (Å²) in [4.78, 5) is 26.2. The lowest BCUT2D eigenvalue weighted by molar-refractivity contribution is -0.174. The lowest BCUT2D eigenvalue weighted by Gasteiger charge is -2.38. The van der Waals surface area contributed by atoms with Gasteiger partial charge in [-0.05, 0) is 70.3 Å². The second-order valence-corrected chi connectivity index (χ2v) is 10.5. The largest absolute Gasteiger partial charge is 0.481 e. The zero-order valence-corrected chi connectivity index (χ0v) is 19.9. The van der Waals surface area contributed by atoms with Gasteiger partial charge in [0.1, 0.15) is 5.60 Å². The average Bonchev–Trinajstić information content (AvgIpc) is 3.17. The third-order valence-electron chi connectivity index (χ3n) is 6.10. The van der Waals surface area contributed by atoms with Crippen molar-refractivity contribution in [3.63, 3.8) is 0 Å². The van der Waals surface area contributed by atoms with Gasteiger partial charge in [-0.25, -0.2) is 0 Å². The van der Waals surface area contributed by atoms with Crippen LogP contribution < -0.4 is 0 Å². The number of hydrogen-bond acceptors (Lipinski definition) is 3. The van der Waals surface area contributed by atoms with Crippen LogP contribution in [0.3, 0.4) is 0 Å². The number of esters is 1. The summed E-state index contributed by atoms with van der Waals surface area (Å²) in [5.41, 5.74) is -0.962. The Bertz CT molecular complexity index is 738. The molecule has 4 nitrogen and oxygen atoms in total. The highest BCUT2D eigenvalue weighted by Gasteiger charge is 2.50. The lowest BCUT2D eigenvalue weighted by Crippen LogP contribution is -2.47. The second-order valence-electron chi connectivity index (χ2n) is 10.5. The SMILES string of the molecule is CC(C)C[C@](Cc1ccccc1)(C(=O)O)[C@H](CC=CC1CCCC1)C(=O)OC(C)(C)C. The van der Waals surface area contributed by atoms with E-state index in [1.807, 2.05) is 71.0 Å². The normalized spacial score (nSPS) is 18.3. The predicted octanol–water partition coefficient (Wildman–Crippen LogP) is 6.44. The van der Waals surface area contributed by atoms with E-state index in [0.29, 0.717) is 25.2 Å². The minimum Gasteiger partial charge on any atom is -0.481 e.